The van der Waals surface area contributed by atoms with Gasteiger partial charge in [-0.2, -0.15) is 0 Å². The van der Waals surface area contributed by atoms with E-state index in [2.05, 4.69) is 4.99 Å². The number of rotatable bonds is 1. The summed E-state index contributed by atoms with van der Waals surface area (Å²) in [7, 11) is 3.72. The zero-order chi connectivity index (χ0) is 18.4. The van der Waals surface area contributed by atoms with Crippen LogP contribution in [0.15, 0.2) is 62.3 Å². The summed E-state index contributed by atoms with van der Waals surface area (Å²) in [5.41, 5.74) is 3.01. The predicted octanol–water partition coefficient (Wildman–Crippen LogP) is 5.25. The Hall–Kier alpha value is -1.89. The number of amides is 1. The molecule has 2 aliphatic heterocycles. The molecule has 2 aromatic carbocycles. The fourth-order valence-electron chi connectivity index (χ4n) is 2.80. The van der Waals surface area contributed by atoms with E-state index in [9.17, 15) is 4.79 Å². The minimum absolute atomic E-state index is 0.0327. The van der Waals surface area contributed by atoms with Crippen molar-refractivity contribution in [3.63, 3.8) is 0 Å². The van der Waals surface area contributed by atoms with Gasteiger partial charge in [-0.05, 0) is 54.6 Å². The first-order valence-electron chi connectivity index (χ1n) is 8.01. The Bertz CT molecular complexity index is 986. The van der Waals surface area contributed by atoms with Crippen molar-refractivity contribution in [1.82, 2.24) is 4.90 Å². The molecule has 2 aliphatic rings. The van der Waals surface area contributed by atoms with Gasteiger partial charge in [-0.15, -0.1) is 0 Å². The van der Waals surface area contributed by atoms with Gasteiger partial charge in [-0.3, -0.25) is 9.69 Å². The van der Waals surface area contributed by atoms with Gasteiger partial charge >= 0.3 is 0 Å². The van der Waals surface area contributed by atoms with Crippen LogP contribution in [0.25, 0.3) is 0 Å². The number of hydrogen-bond acceptors (Lipinski definition) is 5. The van der Waals surface area contributed by atoms with Gasteiger partial charge in [0.1, 0.15) is 4.91 Å². The highest BCUT2D eigenvalue weighted by Crippen LogP contribution is 2.50. The average molecular weight is 402 g/mol. The zero-order valence-electron chi connectivity index (χ0n) is 14.5. The molecule has 0 aliphatic carbocycles. The monoisotopic (exact) mass is 401 g/mol. The highest BCUT2D eigenvalue weighted by molar-refractivity contribution is 8.19. The summed E-state index contributed by atoms with van der Waals surface area (Å²) in [5.74, 6) is -0.0327. The van der Waals surface area contributed by atoms with Crippen molar-refractivity contribution >= 4 is 57.6 Å². The summed E-state index contributed by atoms with van der Waals surface area (Å²) in [6.07, 6.45) is 0. The van der Waals surface area contributed by atoms with Crippen molar-refractivity contribution < 1.29 is 4.79 Å². The number of carbonyl (C=O) groups excluding carboxylic acids is 1. The van der Waals surface area contributed by atoms with Crippen molar-refractivity contribution in [1.29, 1.82) is 0 Å². The fourth-order valence-corrected chi connectivity index (χ4v) is 5.28. The second-order valence-electron chi connectivity index (χ2n) is 6.11. The number of halogens is 1. The number of hydrogen-bond donors (Lipinski definition) is 0. The molecule has 0 unspecified atom stereocenters. The smallest absolute Gasteiger partial charge is 0.269 e. The number of anilines is 1. The number of fused-ring (bicyclic) bond motifs is 1. The highest BCUT2D eigenvalue weighted by Gasteiger charge is 2.37. The molecule has 1 amide bonds. The van der Waals surface area contributed by atoms with E-state index in [0.29, 0.717) is 15.1 Å². The SMILES string of the molecule is Cc1cccc(N=C2SC(=C3Sc4ccc(Cl)cc4N3C)C(=O)N2C)c1. The lowest BCUT2D eigenvalue weighted by Gasteiger charge is -2.14. The van der Waals surface area contributed by atoms with Crippen molar-refractivity contribution in [3.8, 4) is 0 Å². The Morgan fingerprint density at radius 1 is 1.04 bits per heavy atom. The molecule has 1 saturated heterocycles. The van der Waals surface area contributed by atoms with Crippen LogP contribution in [-0.2, 0) is 4.79 Å². The van der Waals surface area contributed by atoms with Gasteiger partial charge in [0, 0.05) is 24.0 Å². The molecular formula is C19H16ClN3OS2. The van der Waals surface area contributed by atoms with E-state index in [-0.39, 0.29) is 5.91 Å². The predicted molar refractivity (Wildman–Crippen MR) is 111 cm³/mol. The van der Waals surface area contributed by atoms with E-state index < -0.39 is 0 Å². The molecule has 4 rings (SSSR count). The highest BCUT2D eigenvalue weighted by atomic mass is 35.5. The molecular weight excluding hydrogens is 386 g/mol. The second-order valence-corrected chi connectivity index (χ2v) is 8.55. The first-order valence-corrected chi connectivity index (χ1v) is 10.0. The third-order valence-electron chi connectivity index (χ3n) is 4.19. The van der Waals surface area contributed by atoms with Crippen molar-refractivity contribution in [2.75, 3.05) is 19.0 Å². The molecule has 2 aromatic rings. The lowest BCUT2D eigenvalue weighted by atomic mass is 10.2. The van der Waals surface area contributed by atoms with Gasteiger partial charge in [-0.25, -0.2) is 4.99 Å². The van der Waals surface area contributed by atoms with Gasteiger partial charge in [0.05, 0.1) is 16.4 Å². The van der Waals surface area contributed by atoms with Gasteiger partial charge < -0.3 is 4.90 Å². The Morgan fingerprint density at radius 2 is 1.85 bits per heavy atom. The van der Waals surface area contributed by atoms with Crippen LogP contribution in [0.2, 0.25) is 5.02 Å². The third-order valence-corrected chi connectivity index (χ3v) is 6.91. The number of likely N-dealkylation sites (N-methyl/N-ethyl adjacent to an activating group) is 1. The standard InChI is InChI=1S/C19H16ClN3OS2/c1-11-5-4-6-13(9-11)21-19-23(3)17(24)16(26-19)18-22(2)14-10-12(20)7-8-15(14)25-18/h4-10H,1-3H3. The quantitative estimate of drug-likeness (QED) is 0.611. The van der Waals surface area contributed by atoms with Crippen LogP contribution < -0.4 is 4.90 Å². The number of carbonyl (C=O) groups is 1. The molecule has 0 saturated carbocycles. The molecule has 7 heteroatoms. The third kappa shape index (κ3) is 3.02. The van der Waals surface area contributed by atoms with E-state index >= 15 is 0 Å². The van der Waals surface area contributed by atoms with Crippen molar-refractivity contribution in [3.05, 3.63) is 63.0 Å². The minimum Gasteiger partial charge on any atom is -0.337 e. The van der Waals surface area contributed by atoms with E-state index in [0.717, 1.165) is 26.9 Å². The molecule has 4 nitrogen and oxygen atoms in total. The van der Waals surface area contributed by atoms with E-state index in [1.807, 2.05) is 61.3 Å². The van der Waals surface area contributed by atoms with Crippen LogP contribution in [0.3, 0.4) is 0 Å². The largest absolute Gasteiger partial charge is 0.337 e. The number of benzene rings is 2. The summed E-state index contributed by atoms with van der Waals surface area (Å²) >= 11 is 9.13. The number of amidine groups is 1. The minimum atomic E-state index is -0.0327. The normalized spacial score (nSPS) is 21.1. The maximum atomic E-state index is 12.8. The Kier molecular flexibility index (Phi) is 4.50. The van der Waals surface area contributed by atoms with E-state index in [1.54, 1.807) is 23.7 Å². The number of aliphatic imine (C=N–C) groups is 1. The summed E-state index contributed by atoms with van der Waals surface area (Å²) in [4.78, 5) is 22.9. The fraction of sp³-hybridized carbons (Fsp3) is 0.158. The van der Waals surface area contributed by atoms with Crippen LogP contribution in [-0.4, -0.2) is 30.1 Å². The lowest BCUT2D eigenvalue weighted by Crippen LogP contribution is -2.24. The number of nitrogens with zero attached hydrogens (tertiary/aromatic N) is 3. The molecule has 2 heterocycles. The molecule has 0 spiro atoms. The summed E-state index contributed by atoms with van der Waals surface area (Å²) in [6.45, 7) is 2.03. The van der Waals surface area contributed by atoms with Crippen molar-refractivity contribution in [2.45, 2.75) is 11.8 Å². The van der Waals surface area contributed by atoms with Gasteiger partial charge in [-0.1, -0.05) is 35.5 Å². The second kappa shape index (κ2) is 6.68. The number of thioether (sulfide) groups is 2. The van der Waals surface area contributed by atoms with Crippen LogP contribution in [0.1, 0.15) is 5.56 Å². The number of aryl methyl sites for hydroxylation is 1. The van der Waals surface area contributed by atoms with Crippen molar-refractivity contribution in [2.24, 2.45) is 4.99 Å². The molecule has 0 bridgehead atoms. The topological polar surface area (TPSA) is 35.9 Å². The first kappa shape index (κ1) is 17.5. The van der Waals surface area contributed by atoms with E-state index in [4.69, 9.17) is 11.6 Å². The van der Waals surface area contributed by atoms with E-state index in [1.165, 1.54) is 11.8 Å². The molecule has 132 valence electrons. The molecule has 26 heavy (non-hydrogen) atoms. The molecule has 0 aromatic heterocycles. The Labute approximate surface area is 165 Å². The molecule has 1 fully saturated rings. The van der Waals surface area contributed by atoms with Crippen LogP contribution in [0.5, 0.6) is 0 Å². The average Bonchev–Trinajstić information content (AvgIpc) is 3.07. The summed E-state index contributed by atoms with van der Waals surface area (Å²) < 4.78 is 0. The zero-order valence-corrected chi connectivity index (χ0v) is 16.9. The van der Waals surface area contributed by atoms with Gasteiger partial charge in [0.2, 0.25) is 0 Å². The van der Waals surface area contributed by atoms with Crippen LogP contribution in [0.4, 0.5) is 11.4 Å². The van der Waals surface area contributed by atoms with Crippen LogP contribution in [0, 0.1) is 6.92 Å². The first-order chi connectivity index (χ1) is 12.4. The van der Waals surface area contributed by atoms with Gasteiger partial charge in [0.25, 0.3) is 5.91 Å². The lowest BCUT2D eigenvalue weighted by molar-refractivity contribution is -0.121. The molecule has 0 atom stereocenters. The Morgan fingerprint density at radius 3 is 2.62 bits per heavy atom. The molecule has 0 N–H and O–H groups in total. The maximum absolute atomic E-state index is 12.8. The summed E-state index contributed by atoms with van der Waals surface area (Å²) in [6, 6.07) is 13.7. The summed E-state index contributed by atoms with van der Waals surface area (Å²) in [5, 5.41) is 2.29. The Balaban J connectivity index is 1.71. The van der Waals surface area contributed by atoms with Gasteiger partial charge in [0.15, 0.2) is 5.17 Å². The maximum Gasteiger partial charge on any atom is 0.269 e. The molecule has 0 radical (unpaired) electrons. The van der Waals surface area contributed by atoms with Crippen LogP contribution >= 0.6 is 35.1 Å².